The van der Waals surface area contributed by atoms with Crippen LogP contribution in [0.5, 0.6) is 0 Å². The molecule has 114 valence electrons. The Morgan fingerprint density at radius 2 is 1.79 bits per heavy atom. The number of hydrogen-bond donors (Lipinski definition) is 1. The SMILES string of the molecule is CCCNCC(C)S(=O)(=O)N1CCC(C(C)C)CC1. The number of nitrogens with zero attached hydrogens (tertiary/aromatic N) is 1. The smallest absolute Gasteiger partial charge is 0.217 e. The normalized spacial score (nSPS) is 20.9. The van der Waals surface area contributed by atoms with Crippen molar-refractivity contribution in [2.75, 3.05) is 26.2 Å². The van der Waals surface area contributed by atoms with E-state index in [1.54, 1.807) is 4.31 Å². The first-order valence-corrected chi connectivity index (χ1v) is 9.09. The Morgan fingerprint density at radius 3 is 2.26 bits per heavy atom. The maximum atomic E-state index is 12.4. The van der Waals surface area contributed by atoms with Crippen molar-refractivity contribution in [2.24, 2.45) is 11.8 Å². The van der Waals surface area contributed by atoms with E-state index in [9.17, 15) is 8.42 Å². The molecule has 0 aromatic carbocycles. The van der Waals surface area contributed by atoms with Crippen LogP contribution in [0.25, 0.3) is 0 Å². The summed E-state index contributed by atoms with van der Waals surface area (Å²) in [7, 11) is -3.12. The standard InChI is InChI=1S/C14H30N2O2S/c1-5-8-15-11-13(4)19(17,18)16-9-6-14(7-10-16)12(2)3/h12-15H,5-11H2,1-4H3. The molecule has 0 aromatic heterocycles. The molecule has 1 aliphatic heterocycles. The van der Waals surface area contributed by atoms with E-state index < -0.39 is 10.0 Å². The summed E-state index contributed by atoms with van der Waals surface area (Å²) in [6.45, 7) is 11.2. The lowest BCUT2D eigenvalue weighted by Gasteiger charge is -2.34. The Bertz CT molecular complexity index is 346. The molecule has 1 fully saturated rings. The Kier molecular flexibility index (Phi) is 6.77. The van der Waals surface area contributed by atoms with Crippen molar-refractivity contribution in [1.29, 1.82) is 0 Å². The van der Waals surface area contributed by atoms with Gasteiger partial charge in [0.05, 0.1) is 5.25 Å². The van der Waals surface area contributed by atoms with Gasteiger partial charge in [-0.2, -0.15) is 0 Å². The van der Waals surface area contributed by atoms with Gasteiger partial charge in [-0.1, -0.05) is 20.8 Å². The maximum absolute atomic E-state index is 12.4. The van der Waals surface area contributed by atoms with Crippen LogP contribution in [0.4, 0.5) is 0 Å². The fourth-order valence-electron chi connectivity index (χ4n) is 2.64. The number of hydrogen-bond acceptors (Lipinski definition) is 3. The van der Waals surface area contributed by atoms with Crippen molar-refractivity contribution < 1.29 is 8.42 Å². The minimum absolute atomic E-state index is 0.324. The van der Waals surface area contributed by atoms with E-state index >= 15 is 0 Å². The van der Waals surface area contributed by atoms with E-state index in [1.807, 2.05) is 6.92 Å². The maximum Gasteiger partial charge on any atom is 0.217 e. The highest BCUT2D eigenvalue weighted by atomic mass is 32.2. The van der Waals surface area contributed by atoms with E-state index in [0.29, 0.717) is 31.5 Å². The Balaban J connectivity index is 2.50. The van der Waals surface area contributed by atoms with E-state index in [2.05, 4.69) is 26.1 Å². The fraction of sp³-hybridized carbons (Fsp3) is 1.00. The van der Waals surface area contributed by atoms with E-state index in [-0.39, 0.29) is 5.25 Å². The van der Waals surface area contributed by atoms with Crippen molar-refractivity contribution in [1.82, 2.24) is 9.62 Å². The topological polar surface area (TPSA) is 49.4 Å². The van der Waals surface area contributed by atoms with Gasteiger partial charge in [-0.15, -0.1) is 0 Å². The van der Waals surface area contributed by atoms with Crippen molar-refractivity contribution >= 4 is 10.0 Å². The van der Waals surface area contributed by atoms with E-state index in [0.717, 1.165) is 25.8 Å². The average Bonchev–Trinajstić information content (AvgIpc) is 2.39. The minimum atomic E-state index is -3.12. The summed E-state index contributed by atoms with van der Waals surface area (Å²) in [6.07, 6.45) is 3.05. The Morgan fingerprint density at radius 1 is 1.21 bits per heavy atom. The van der Waals surface area contributed by atoms with Gasteiger partial charge in [-0.05, 0) is 44.6 Å². The molecule has 0 aromatic rings. The van der Waals surface area contributed by atoms with Gasteiger partial charge in [0.2, 0.25) is 10.0 Å². The molecule has 4 nitrogen and oxygen atoms in total. The van der Waals surface area contributed by atoms with Crippen LogP contribution in [0.2, 0.25) is 0 Å². The van der Waals surface area contributed by atoms with Crippen LogP contribution in [0.1, 0.15) is 47.0 Å². The van der Waals surface area contributed by atoms with Crippen LogP contribution in [0.3, 0.4) is 0 Å². The van der Waals surface area contributed by atoms with Crippen molar-refractivity contribution in [3.8, 4) is 0 Å². The summed E-state index contributed by atoms with van der Waals surface area (Å²) >= 11 is 0. The molecule has 19 heavy (non-hydrogen) atoms. The molecule has 1 N–H and O–H groups in total. The van der Waals surface area contributed by atoms with Crippen molar-refractivity contribution in [3.05, 3.63) is 0 Å². The Hall–Kier alpha value is -0.130. The highest BCUT2D eigenvalue weighted by molar-refractivity contribution is 7.89. The van der Waals surface area contributed by atoms with Gasteiger partial charge in [0.15, 0.2) is 0 Å². The number of nitrogens with one attached hydrogen (secondary N) is 1. The summed E-state index contributed by atoms with van der Waals surface area (Å²) in [4.78, 5) is 0. The zero-order valence-corrected chi connectivity index (χ0v) is 13.7. The predicted molar refractivity (Wildman–Crippen MR) is 80.7 cm³/mol. The molecular formula is C14H30N2O2S. The summed E-state index contributed by atoms with van der Waals surface area (Å²) in [5.74, 6) is 1.34. The first-order valence-electron chi connectivity index (χ1n) is 7.59. The highest BCUT2D eigenvalue weighted by Gasteiger charge is 2.32. The third-order valence-electron chi connectivity index (χ3n) is 4.17. The molecular weight excluding hydrogens is 260 g/mol. The fourth-order valence-corrected chi connectivity index (χ4v) is 4.20. The molecule has 1 saturated heterocycles. The van der Waals surface area contributed by atoms with Gasteiger partial charge < -0.3 is 5.32 Å². The van der Waals surface area contributed by atoms with Crippen LogP contribution in [-0.4, -0.2) is 44.2 Å². The van der Waals surface area contributed by atoms with Crippen LogP contribution >= 0.6 is 0 Å². The first kappa shape index (κ1) is 16.9. The van der Waals surface area contributed by atoms with Crippen LogP contribution in [0, 0.1) is 11.8 Å². The summed E-state index contributed by atoms with van der Waals surface area (Å²) in [5.41, 5.74) is 0. The lowest BCUT2D eigenvalue weighted by atomic mass is 9.87. The monoisotopic (exact) mass is 290 g/mol. The number of rotatable bonds is 7. The van der Waals surface area contributed by atoms with Gasteiger partial charge in [0, 0.05) is 19.6 Å². The van der Waals surface area contributed by atoms with Crippen LogP contribution in [-0.2, 0) is 10.0 Å². The number of piperidine rings is 1. The van der Waals surface area contributed by atoms with Gasteiger partial charge >= 0.3 is 0 Å². The molecule has 1 rings (SSSR count). The third-order valence-corrected chi connectivity index (χ3v) is 6.44. The molecule has 0 radical (unpaired) electrons. The summed E-state index contributed by atoms with van der Waals surface area (Å²) in [5, 5.41) is 2.88. The van der Waals surface area contributed by atoms with Crippen LogP contribution < -0.4 is 5.32 Å². The van der Waals surface area contributed by atoms with E-state index in [1.165, 1.54) is 0 Å². The lowest BCUT2D eigenvalue weighted by molar-refractivity contribution is 0.225. The zero-order chi connectivity index (χ0) is 14.5. The quantitative estimate of drug-likeness (QED) is 0.730. The summed E-state index contributed by atoms with van der Waals surface area (Å²) < 4.78 is 26.6. The lowest BCUT2D eigenvalue weighted by Crippen LogP contribution is -2.46. The molecule has 0 saturated carbocycles. The van der Waals surface area contributed by atoms with Gasteiger partial charge in [0.25, 0.3) is 0 Å². The predicted octanol–water partition coefficient (Wildman–Crippen LogP) is 2.07. The van der Waals surface area contributed by atoms with Gasteiger partial charge in [-0.25, -0.2) is 12.7 Å². The van der Waals surface area contributed by atoms with Gasteiger partial charge in [-0.3, -0.25) is 0 Å². The van der Waals surface area contributed by atoms with Gasteiger partial charge in [0.1, 0.15) is 0 Å². The second-order valence-corrected chi connectivity index (χ2v) is 8.39. The number of sulfonamides is 1. The summed E-state index contributed by atoms with van der Waals surface area (Å²) in [6, 6.07) is 0. The van der Waals surface area contributed by atoms with Crippen molar-refractivity contribution in [2.45, 2.75) is 52.2 Å². The molecule has 1 unspecified atom stereocenters. The molecule has 0 amide bonds. The molecule has 0 bridgehead atoms. The molecule has 0 aliphatic carbocycles. The first-order chi connectivity index (χ1) is 8.89. The average molecular weight is 290 g/mol. The molecule has 1 atom stereocenters. The van der Waals surface area contributed by atoms with Crippen LogP contribution in [0.15, 0.2) is 0 Å². The Labute approximate surface area is 119 Å². The van der Waals surface area contributed by atoms with Crippen molar-refractivity contribution in [3.63, 3.8) is 0 Å². The highest BCUT2D eigenvalue weighted by Crippen LogP contribution is 2.26. The van der Waals surface area contributed by atoms with E-state index in [4.69, 9.17) is 0 Å². The molecule has 1 heterocycles. The largest absolute Gasteiger partial charge is 0.315 e. The second kappa shape index (κ2) is 7.60. The minimum Gasteiger partial charge on any atom is -0.315 e. The second-order valence-electron chi connectivity index (χ2n) is 6.04. The molecule has 0 spiro atoms. The molecule has 1 aliphatic rings. The zero-order valence-electron chi connectivity index (χ0n) is 12.9. The third kappa shape index (κ3) is 4.72. The molecule has 5 heteroatoms.